The highest BCUT2D eigenvalue weighted by Crippen LogP contribution is 2.38. The van der Waals surface area contributed by atoms with Crippen LogP contribution in [0.4, 0.5) is 0 Å². The number of benzene rings is 2. The Morgan fingerprint density at radius 3 is 2.15 bits per heavy atom. The average Bonchev–Trinajstić information content (AvgIpc) is 2.45. The van der Waals surface area contributed by atoms with E-state index in [9.17, 15) is 5.11 Å². The van der Waals surface area contributed by atoms with E-state index in [1.165, 1.54) is 0 Å². The Bertz CT molecular complexity index is 588. The summed E-state index contributed by atoms with van der Waals surface area (Å²) in [6.07, 6.45) is -0.797. The lowest BCUT2D eigenvalue weighted by atomic mass is 9.96. The summed E-state index contributed by atoms with van der Waals surface area (Å²) in [7, 11) is 3.17. The summed E-state index contributed by atoms with van der Waals surface area (Å²) in [6.45, 7) is 1.96. The Hall–Kier alpha value is -1.52. The smallest absolute Gasteiger partial charge is 0.128 e. The third kappa shape index (κ3) is 2.81. The van der Waals surface area contributed by atoms with Crippen LogP contribution < -0.4 is 9.47 Å². The molecule has 3 nitrogen and oxygen atoms in total. The van der Waals surface area contributed by atoms with Crippen molar-refractivity contribution in [1.82, 2.24) is 0 Å². The fraction of sp³-hybridized carbons (Fsp3) is 0.250. The van der Waals surface area contributed by atoms with Crippen LogP contribution in [-0.4, -0.2) is 19.3 Å². The second-order valence-corrected chi connectivity index (χ2v) is 5.40. The van der Waals surface area contributed by atoms with Gasteiger partial charge in [0.15, 0.2) is 0 Å². The molecule has 0 aliphatic carbocycles. The normalized spacial score (nSPS) is 12.1. The summed E-state index contributed by atoms with van der Waals surface area (Å²) >= 11 is 3.43. The molecule has 4 heteroatoms. The topological polar surface area (TPSA) is 38.7 Å². The van der Waals surface area contributed by atoms with Crippen LogP contribution >= 0.6 is 15.9 Å². The SMILES string of the molecule is COc1cccc(OC)c1C(O)c1ccc(Br)cc1C. The number of methoxy groups -OCH3 is 2. The van der Waals surface area contributed by atoms with Gasteiger partial charge in [0.2, 0.25) is 0 Å². The van der Waals surface area contributed by atoms with Crippen molar-refractivity contribution in [2.24, 2.45) is 0 Å². The second-order valence-electron chi connectivity index (χ2n) is 4.48. The minimum Gasteiger partial charge on any atom is -0.496 e. The van der Waals surface area contributed by atoms with Crippen molar-refractivity contribution in [3.05, 3.63) is 57.6 Å². The first-order valence-electron chi connectivity index (χ1n) is 6.23. The van der Waals surface area contributed by atoms with Crippen LogP contribution in [0, 0.1) is 6.92 Å². The fourth-order valence-electron chi connectivity index (χ4n) is 2.25. The van der Waals surface area contributed by atoms with E-state index in [4.69, 9.17) is 9.47 Å². The van der Waals surface area contributed by atoms with Gasteiger partial charge in [-0.3, -0.25) is 0 Å². The molecule has 0 heterocycles. The Balaban J connectivity index is 2.55. The number of aliphatic hydroxyl groups excluding tert-OH is 1. The van der Waals surface area contributed by atoms with Crippen molar-refractivity contribution in [2.75, 3.05) is 14.2 Å². The monoisotopic (exact) mass is 336 g/mol. The maximum atomic E-state index is 10.7. The summed E-state index contributed by atoms with van der Waals surface area (Å²) in [6, 6.07) is 11.2. The summed E-state index contributed by atoms with van der Waals surface area (Å²) in [4.78, 5) is 0. The third-order valence-corrected chi connectivity index (χ3v) is 3.76. The minimum atomic E-state index is -0.797. The van der Waals surface area contributed by atoms with Gasteiger partial charge in [-0.1, -0.05) is 28.1 Å². The predicted molar refractivity (Wildman–Crippen MR) is 82.5 cm³/mol. The Labute approximate surface area is 127 Å². The molecule has 0 aliphatic rings. The van der Waals surface area contributed by atoms with Crippen molar-refractivity contribution in [3.8, 4) is 11.5 Å². The molecule has 1 N–H and O–H groups in total. The summed E-state index contributed by atoms with van der Waals surface area (Å²) in [5, 5.41) is 10.7. The minimum absolute atomic E-state index is 0.610. The van der Waals surface area contributed by atoms with Gasteiger partial charge in [-0.25, -0.2) is 0 Å². The van der Waals surface area contributed by atoms with E-state index in [1.807, 2.05) is 43.3 Å². The molecule has 1 unspecified atom stereocenters. The molecule has 0 fully saturated rings. The van der Waals surface area contributed by atoms with E-state index in [-0.39, 0.29) is 0 Å². The number of aliphatic hydroxyl groups is 1. The molecule has 0 radical (unpaired) electrons. The van der Waals surface area contributed by atoms with Gasteiger partial charge in [-0.2, -0.15) is 0 Å². The van der Waals surface area contributed by atoms with E-state index in [2.05, 4.69) is 15.9 Å². The molecule has 0 saturated heterocycles. The van der Waals surface area contributed by atoms with Crippen LogP contribution in [0.15, 0.2) is 40.9 Å². The molecule has 2 aromatic rings. The highest BCUT2D eigenvalue weighted by atomic mass is 79.9. The van der Waals surface area contributed by atoms with Crippen LogP contribution in [0.5, 0.6) is 11.5 Å². The predicted octanol–water partition coefficient (Wildman–Crippen LogP) is 3.86. The molecule has 0 saturated carbocycles. The summed E-state index contributed by atoms with van der Waals surface area (Å²) in [5.74, 6) is 1.22. The second kappa shape index (κ2) is 6.29. The van der Waals surface area contributed by atoms with Gasteiger partial charge in [0, 0.05) is 4.47 Å². The van der Waals surface area contributed by atoms with Gasteiger partial charge in [-0.05, 0) is 42.3 Å². The first-order valence-corrected chi connectivity index (χ1v) is 7.02. The highest BCUT2D eigenvalue weighted by Gasteiger charge is 2.21. The highest BCUT2D eigenvalue weighted by molar-refractivity contribution is 9.10. The lowest BCUT2D eigenvalue weighted by Gasteiger charge is -2.20. The number of ether oxygens (including phenoxy) is 2. The summed E-state index contributed by atoms with van der Waals surface area (Å²) in [5.41, 5.74) is 2.47. The summed E-state index contributed by atoms with van der Waals surface area (Å²) < 4.78 is 11.7. The van der Waals surface area contributed by atoms with Crippen molar-refractivity contribution >= 4 is 15.9 Å². The molecular weight excluding hydrogens is 320 g/mol. The molecule has 0 spiro atoms. The van der Waals surface area contributed by atoms with Crippen LogP contribution in [0.1, 0.15) is 22.8 Å². The quantitative estimate of drug-likeness (QED) is 0.921. The van der Waals surface area contributed by atoms with E-state index in [0.717, 1.165) is 15.6 Å². The number of halogens is 1. The molecule has 20 heavy (non-hydrogen) atoms. The number of hydrogen-bond donors (Lipinski definition) is 1. The van der Waals surface area contributed by atoms with Gasteiger partial charge in [-0.15, -0.1) is 0 Å². The number of aryl methyl sites for hydroxylation is 1. The first-order chi connectivity index (χ1) is 9.58. The molecule has 106 valence electrons. The van der Waals surface area contributed by atoms with Gasteiger partial charge < -0.3 is 14.6 Å². The zero-order valence-corrected chi connectivity index (χ0v) is 13.3. The number of rotatable bonds is 4. The van der Waals surface area contributed by atoms with Crippen molar-refractivity contribution in [2.45, 2.75) is 13.0 Å². The van der Waals surface area contributed by atoms with E-state index < -0.39 is 6.10 Å². The van der Waals surface area contributed by atoms with Gasteiger partial charge in [0.1, 0.15) is 17.6 Å². The lowest BCUT2D eigenvalue weighted by molar-refractivity contribution is 0.208. The largest absolute Gasteiger partial charge is 0.496 e. The molecule has 0 aromatic heterocycles. The molecule has 2 aromatic carbocycles. The van der Waals surface area contributed by atoms with Crippen LogP contribution in [-0.2, 0) is 0 Å². The Kier molecular flexibility index (Phi) is 4.68. The van der Waals surface area contributed by atoms with Gasteiger partial charge in [0.05, 0.1) is 19.8 Å². The van der Waals surface area contributed by atoms with Gasteiger partial charge >= 0.3 is 0 Å². The van der Waals surface area contributed by atoms with E-state index in [0.29, 0.717) is 17.1 Å². The van der Waals surface area contributed by atoms with E-state index >= 15 is 0 Å². The van der Waals surface area contributed by atoms with Crippen molar-refractivity contribution in [1.29, 1.82) is 0 Å². The fourth-order valence-corrected chi connectivity index (χ4v) is 2.73. The molecule has 0 bridgehead atoms. The zero-order chi connectivity index (χ0) is 14.7. The Morgan fingerprint density at radius 1 is 1.05 bits per heavy atom. The third-order valence-electron chi connectivity index (χ3n) is 3.27. The molecule has 0 aliphatic heterocycles. The van der Waals surface area contributed by atoms with Gasteiger partial charge in [0.25, 0.3) is 0 Å². The maximum absolute atomic E-state index is 10.7. The van der Waals surface area contributed by atoms with Crippen LogP contribution in [0.2, 0.25) is 0 Å². The van der Waals surface area contributed by atoms with Crippen LogP contribution in [0.25, 0.3) is 0 Å². The molecule has 1 atom stereocenters. The standard InChI is InChI=1S/C16H17BrO3/c1-10-9-11(17)7-8-12(10)16(18)15-13(19-2)5-4-6-14(15)20-3/h4-9,16,18H,1-3H3. The van der Waals surface area contributed by atoms with Crippen molar-refractivity contribution in [3.63, 3.8) is 0 Å². The van der Waals surface area contributed by atoms with Crippen molar-refractivity contribution < 1.29 is 14.6 Å². The zero-order valence-electron chi connectivity index (χ0n) is 11.7. The lowest BCUT2D eigenvalue weighted by Crippen LogP contribution is -2.06. The van der Waals surface area contributed by atoms with E-state index in [1.54, 1.807) is 14.2 Å². The molecular formula is C16H17BrO3. The average molecular weight is 337 g/mol. The number of hydrogen-bond acceptors (Lipinski definition) is 3. The molecule has 0 amide bonds. The Morgan fingerprint density at radius 2 is 1.65 bits per heavy atom. The maximum Gasteiger partial charge on any atom is 0.128 e. The first kappa shape index (κ1) is 14.9. The van der Waals surface area contributed by atoms with Crippen LogP contribution in [0.3, 0.4) is 0 Å². The molecule has 2 rings (SSSR count).